The monoisotopic (exact) mass is 337 g/mol. The molecule has 0 aliphatic heterocycles. The SMILES string of the molecule is CCCNC(=O)c1ccccc1-c1nc(-c2cccc(OC)c2)no1. The number of nitrogens with one attached hydrogen (secondary N) is 1. The zero-order valence-corrected chi connectivity index (χ0v) is 14.2. The molecule has 25 heavy (non-hydrogen) atoms. The van der Waals surface area contributed by atoms with E-state index in [1.807, 2.05) is 43.3 Å². The summed E-state index contributed by atoms with van der Waals surface area (Å²) in [5.74, 6) is 1.31. The van der Waals surface area contributed by atoms with E-state index in [0.29, 0.717) is 35.1 Å². The summed E-state index contributed by atoms with van der Waals surface area (Å²) >= 11 is 0. The summed E-state index contributed by atoms with van der Waals surface area (Å²) in [7, 11) is 1.60. The van der Waals surface area contributed by atoms with Gasteiger partial charge in [-0.15, -0.1) is 0 Å². The Hall–Kier alpha value is -3.15. The first-order valence-electron chi connectivity index (χ1n) is 8.08. The number of carbonyl (C=O) groups excluding carboxylic acids is 1. The third-order valence-corrected chi connectivity index (χ3v) is 3.69. The Kier molecular flexibility index (Phi) is 5.09. The number of carbonyl (C=O) groups is 1. The third kappa shape index (κ3) is 3.68. The molecule has 1 amide bonds. The summed E-state index contributed by atoms with van der Waals surface area (Å²) in [5.41, 5.74) is 1.90. The number of hydrogen-bond acceptors (Lipinski definition) is 5. The van der Waals surface area contributed by atoms with Gasteiger partial charge in [0.25, 0.3) is 11.8 Å². The standard InChI is InChI=1S/C19H19N3O3/c1-3-11-20-18(23)15-9-4-5-10-16(15)19-21-17(22-25-19)13-7-6-8-14(12-13)24-2/h4-10,12H,3,11H2,1-2H3,(H,20,23). The highest BCUT2D eigenvalue weighted by molar-refractivity contribution is 6.00. The first-order valence-corrected chi connectivity index (χ1v) is 8.08. The predicted molar refractivity (Wildman–Crippen MR) is 94.3 cm³/mol. The maximum Gasteiger partial charge on any atom is 0.259 e. The maximum atomic E-state index is 12.3. The van der Waals surface area contributed by atoms with Crippen molar-refractivity contribution in [3.8, 4) is 28.6 Å². The second kappa shape index (κ2) is 7.61. The Morgan fingerprint density at radius 1 is 1.20 bits per heavy atom. The van der Waals surface area contributed by atoms with Crippen molar-refractivity contribution in [2.75, 3.05) is 13.7 Å². The molecule has 0 radical (unpaired) electrons. The molecule has 0 saturated heterocycles. The second-order valence-corrected chi connectivity index (χ2v) is 5.46. The van der Waals surface area contributed by atoms with Crippen LogP contribution in [0.1, 0.15) is 23.7 Å². The molecule has 1 heterocycles. The number of hydrogen-bond donors (Lipinski definition) is 1. The fourth-order valence-electron chi connectivity index (χ4n) is 2.41. The number of methoxy groups -OCH3 is 1. The van der Waals surface area contributed by atoms with Crippen molar-refractivity contribution in [1.29, 1.82) is 0 Å². The van der Waals surface area contributed by atoms with Gasteiger partial charge in [-0.1, -0.05) is 36.3 Å². The highest BCUT2D eigenvalue weighted by Gasteiger charge is 2.17. The Morgan fingerprint density at radius 2 is 2.04 bits per heavy atom. The van der Waals surface area contributed by atoms with Crippen LogP contribution in [0.3, 0.4) is 0 Å². The molecule has 2 aromatic carbocycles. The van der Waals surface area contributed by atoms with Crippen LogP contribution >= 0.6 is 0 Å². The minimum Gasteiger partial charge on any atom is -0.497 e. The largest absolute Gasteiger partial charge is 0.497 e. The van der Waals surface area contributed by atoms with E-state index in [2.05, 4.69) is 15.5 Å². The van der Waals surface area contributed by atoms with Crippen LogP contribution in [-0.4, -0.2) is 29.7 Å². The fraction of sp³-hybridized carbons (Fsp3) is 0.211. The molecule has 0 atom stereocenters. The van der Waals surface area contributed by atoms with Crippen LogP contribution in [0, 0.1) is 0 Å². The van der Waals surface area contributed by atoms with Gasteiger partial charge in [-0.2, -0.15) is 4.98 Å². The zero-order chi connectivity index (χ0) is 17.6. The minimum atomic E-state index is -0.154. The molecule has 3 aromatic rings. The quantitative estimate of drug-likeness (QED) is 0.744. The summed E-state index contributed by atoms with van der Waals surface area (Å²) in [4.78, 5) is 16.8. The van der Waals surface area contributed by atoms with Gasteiger partial charge in [-0.05, 0) is 30.7 Å². The molecule has 0 aliphatic rings. The van der Waals surface area contributed by atoms with Gasteiger partial charge in [0.2, 0.25) is 5.82 Å². The molecule has 0 aliphatic carbocycles. The van der Waals surface area contributed by atoms with E-state index in [9.17, 15) is 4.79 Å². The van der Waals surface area contributed by atoms with Gasteiger partial charge in [0, 0.05) is 12.1 Å². The van der Waals surface area contributed by atoms with Crippen LogP contribution < -0.4 is 10.1 Å². The van der Waals surface area contributed by atoms with Crippen molar-refractivity contribution in [2.45, 2.75) is 13.3 Å². The Bertz CT molecular complexity index is 874. The summed E-state index contributed by atoms with van der Waals surface area (Å²) in [5, 5.41) is 6.89. The molecule has 6 nitrogen and oxygen atoms in total. The lowest BCUT2D eigenvalue weighted by molar-refractivity contribution is 0.0954. The van der Waals surface area contributed by atoms with Crippen LogP contribution in [0.25, 0.3) is 22.8 Å². The normalized spacial score (nSPS) is 10.5. The maximum absolute atomic E-state index is 12.3. The van der Waals surface area contributed by atoms with Gasteiger partial charge in [0.15, 0.2) is 0 Å². The highest BCUT2D eigenvalue weighted by Crippen LogP contribution is 2.26. The van der Waals surface area contributed by atoms with E-state index < -0.39 is 0 Å². The average Bonchev–Trinajstić information content (AvgIpc) is 3.16. The molecule has 0 bridgehead atoms. The van der Waals surface area contributed by atoms with Crippen molar-refractivity contribution < 1.29 is 14.1 Å². The summed E-state index contributed by atoms with van der Waals surface area (Å²) < 4.78 is 10.6. The van der Waals surface area contributed by atoms with Gasteiger partial charge in [0.1, 0.15) is 5.75 Å². The first-order chi connectivity index (χ1) is 12.2. The molecule has 0 saturated carbocycles. The van der Waals surface area contributed by atoms with Crippen LogP contribution in [0.5, 0.6) is 5.75 Å². The fourth-order valence-corrected chi connectivity index (χ4v) is 2.41. The molecule has 128 valence electrons. The molecule has 6 heteroatoms. The first kappa shape index (κ1) is 16.7. The number of benzene rings is 2. The smallest absolute Gasteiger partial charge is 0.259 e. The number of ether oxygens (including phenoxy) is 1. The predicted octanol–water partition coefficient (Wildman–Crippen LogP) is 3.55. The molecular weight excluding hydrogens is 318 g/mol. The highest BCUT2D eigenvalue weighted by atomic mass is 16.5. The van der Waals surface area contributed by atoms with E-state index in [4.69, 9.17) is 9.26 Å². The second-order valence-electron chi connectivity index (χ2n) is 5.46. The Morgan fingerprint density at radius 3 is 2.84 bits per heavy atom. The van der Waals surface area contributed by atoms with Crippen molar-refractivity contribution in [3.05, 3.63) is 54.1 Å². The van der Waals surface area contributed by atoms with E-state index in [1.165, 1.54) is 0 Å². The molecule has 0 spiro atoms. The van der Waals surface area contributed by atoms with Crippen LogP contribution in [-0.2, 0) is 0 Å². The van der Waals surface area contributed by atoms with Crippen molar-refractivity contribution in [3.63, 3.8) is 0 Å². The summed E-state index contributed by atoms with van der Waals surface area (Å²) in [6, 6.07) is 14.6. The number of amides is 1. The van der Waals surface area contributed by atoms with E-state index >= 15 is 0 Å². The number of rotatable bonds is 6. The lowest BCUT2D eigenvalue weighted by Crippen LogP contribution is -2.24. The van der Waals surface area contributed by atoms with E-state index in [1.54, 1.807) is 19.2 Å². The Balaban J connectivity index is 1.93. The van der Waals surface area contributed by atoms with Gasteiger partial charge >= 0.3 is 0 Å². The summed E-state index contributed by atoms with van der Waals surface area (Å²) in [6.07, 6.45) is 0.869. The summed E-state index contributed by atoms with van der Waals surface area (Å²) in [6.45, 7) is 2.62. The van der Waals surface area contributed by atoms with Crippen molar-refractivity contribution >= 4 is 5.91 Å². The van der Waals surface area contributed by atoms with Gasteiger partial charge in [-0.3, -0.25) is 4.79 Å². The molecule has 0 fully saturated rings. The minimum absolute atomic E-state index is 0.154. The van der Waals surface area contributed by atoms with Crippen molar-refractivity contribution in [2.24, 2.45) is 0 Å². The van der Waals surface area contributed by atoms with Crippen LogP contribution in [0.4, 0.5) is 0 Å². The molecule has 3 rings (SSSR count). The van der Waals surface area contributed by atoms with Gasteiger partial charge in [0.05, 0.1) is 18.2 Å². The molecule has 1 N–H and O–H groups in total. The van der Waals surface area contributed by atoms with Crippen LogP contribution in [0.15, 0.2) is 53.1 Å². The molecule has 1 aromatic heterocycles. The zero-order valence-electron chi connectivity index (χ0n) is 14.2. The van der Waals surface area contributed by atoms with Crippen molar-refractivity contribution in [1.82, 2.24) is 15.5 Å². The number of aromatic nitrogens is 2. The van der Waals surface area contributed by atoms with Crippen LogP contribution in [0.2, 0.25) is 0 Å². The lowest BCUT2D eigenvalue weighted by Gasteiger charge is -2.06. The van der Waals surface area contributed by atoms with E-state index in [0.717, 1.165) is 12.0 Å². The van der Waals surface area contributed by atoms with Gasteiger partial charge in [-0.25, -0.2) is 0 Å². The molecule has 0 unspecified atom stereocenters. The molecular formula is C19H19N3O3. The van der Waals surface area contributed by atoms with Gasteiger partial charge < -0.3 is 14.6 Å². The third-order valence-electron chi connectivity index (χ3n) is 3.69. The average molecular weight is 337 g/mol. The lowest BCUT2D eigenvalue weighted by atomic mass is 10.1. The Labute approximate surface area is 145 Å². The topological polar surface area (TPSA) is 77.2 Å². The van der Waals surface area contributed by atoms with E-state index in [-0.39, 0.29) is 5.91 Å². The number of nitrogens with zero attached hydrogens (tertiary/aromatic N) is 2.